The first-order valence-corrected chi connectivity index (χ1v) is 6.39. The van der Waals surface area contributed by atoms with Crippen LogP contribution in [0.1, 0.15) is 29.7 Å². The summed E-state index contributed by atoms with van der Waals surface area (Å²) in [6.07, 6.45) is 0. The molecule has 0 heterocycles. The Hall–Kier alpha value is -1.94. The van der Waals surface area contributed by atoms with Crippen LogP contribution in [0.4, 0.5) is 8.78 Å². The highest BCUT2D eigenvalue weighted by Crippen LogP contribution is 2.23. The molecular formula is C16H17F2NO. The van der Waals surface area contributed by atoms with E-state index in [9.17, 15) is 8.78 Å². The van der Waals surface area contributed by atoms with Crippen molar-refractivity contribution in [1.82, 2.24) is 0 Å². The summed E-state index contributed by atoms with van der Waals surface area (Å²) in [6.45, 7) is 3.94. The minimum Gasteiger partial charge on any atom is -0.489 e. The van der Waals surface area contributed by atoms with Crippen molar-refractivity contribution in [2.75, 3.05) is 0 Å². The van der Waals surface area contributed by atoms with Gasteiger partial charge in [0, 0.05) is 12.1 Å². The largest absolute Gasteiger partial charge is 0.489 e. The number of hydrogen-bond acceptors (Lipinski definition) is 2. The van der Waals surface area contributed by atoms with Gasteiger partial charge in [0.2, 0.25) is 0 Å². The second kappa shape index (κ2) is 6.01. The molecule has 0 aliphatic carbocycles. The van der Waals surface area contributed by atoms with Crippen LogP contribution in [0.3, 0.4) is 0 Å². The standard InChI is InChI=1S/C16H17F2NO/c1-10-5-13(11(2)19)3-4-16(10)20-9-12-6-14(17)8-15(18)7-12/h3-8,11H,9,19H2,1-2H3/t11-/m1/s1. The molecule has 0 aliphatic rings. The molecule has 0 bridgehead atoms. The predicted molar refractivity (Wildman–Crippen MR) is 74.5 cm³/mol. The summed E-state index contributed by atoms with van der Waals surface area (Å²) >= 11 is 0. The molecule has 0 fully saturated rings. The van der Waals surface area contributed by atoms with E-state index in [-0.39, 0.29) is 12.6 Å². The first-order chi connectivity index (χ1) is 9.45. The van der Waals surface area contributed by atoms with Crippen molar-refractivity contribution in [2.24, 2.45) is 5.73 Å². The van der Waals surface area contributed by atoms with Gasteiger partial charge in [0.1, 0.15) is 24.0 Å². The van der Waals surface area contributed by atoms with Crippen molar-refractivity contribution in [3.05, 3.63) is 64.7 Å². The van der Waals surface area contributed by atoms with Crippen molar-refractivity contribution < 1.29 is 13.5 Å². The molecule has 1 atom stereocenters. The van der Waals surface area contributed by atoms with Gasteiger partial charge in [-0.1, -0.05) is 12.1 Å². The molecule has 2 N–H and O–H groups in total. The molecule has 0 spiro atoms. The normalized spacial score (nSPS) is 12.2. The SMILES string of the molecule is Cc1cc([C@@H](C)N)ccc1OCc1cc(F)cc(F)c1. The van der Waals surface area contributed by atoms with Gasteiger partial charge >= 0.3 is 0 Å². The van der Waals surface area contributed by atoms with E-state index in [1.54, 1.807) is 0 Å². The maximum absolute atomic E-state index is 13.1. The molecule has 0 amide bonds. The van der Waals surface area contributed by atoms with E-state index < -0.39 is 11.6 Å². The average molecular weight is 277 g/mol. The molecule has 0 saturated heterocycles. The Morgan fingerprint density at radius 3 is 2.30 bits per heavy atom. The lowest BCUT2D eigenvalue weighted by Crippen LogP contribution is -2.05. The second-order valence-electron chi connectivity index (χ2n) is 4.88. The van der Waals surface area contributed by atoms with Crippen LogP contribution >= 0.6 is 0 Å². The fraction of sp³-hybridized carbons (Fsp3) is 0.250. The minimum atomic E-state index is -0.604. The topological polar surface area (TPSA) is 35.2 Å². The zero-order valence-electron chi connectivity index (χ0n) is 11.5. The molecular weight excluding hydrogens is 260 g/mol. The molecule has 0 saturated carbocycles. The number of aryl methyl sites for hydroxylation is 1. The lowest BCUT2D eigenvalue weighted by atomic mass is 10.1. The van der Waals surface area contributed by atoms with Crippen LogP contribution in [-0.4, -0.2) is 0 Å². The fourth-order valence-corrected chi connectivity index (χ4v) is 1.97. The molecule has 20 heavy (non-hydrogen) atoms. The quantitative estimate of drug-likeness (QED) is 0.920. The van der Waals surface area contributed by atoms with Gasteiger partial charge in [-0.25, -0.2) is 8.78 Å². The van der Waals surface area contributed by atoms with Crippen molar-refractivity contribution in [1.29, 1.82) is 0 Å². The van der Waals surface area contributed by atoms with Crippen LogP contribution in [0.25, 0.3) is 0 Å². The highest BCUT2D eigenvalue weighted by atomic mass is 19.1. The Bertz CT molecular complexity index is 591. The number of nitrogens with two attached hydrogens (primary N) is 1. The molecule has 0 aliphatic heterocycles. The van der Waals surface area contributed by atoms with Gasteiger partial charge in [-0.3, -0.25) is 0 Å². The van der Waals surface area contributed by atoms with Crippen molar-refractivity contribution in [3.63, 3.8) is 0 Å². The Morgan fingerprint density at radius 2 is 1.75 bits per heavy atom. The molecule has 106 valence electrons. The molecule has 0 unspecified atom stereocenters. The van der Waals surface area contributed by atoms with Crippen molar-refractivity contribution in [2.45, 2.75) is 26.5 Å². The van der Waals surface area contributed by atoms with Crippen LogP contribution in [-0.2, 0) is 6.61 Å². The Morgan fingerprint density at radius 1 is 1.10 bits per heavy atom. The van der Waals surface area contributed by atoms with E-state index in [0.29, 0.717) is 11.3 Å². The van der Waals surface area contributed by atoms with Crippen LogP contribution in [0, 0.1) is 18.6 Å². The third kappa shape index (κ3) is 3.54. The number of rotatable bonds is 4. The van der Waals surface area contributed by atoms with Gasteiger partial charge in [-0.15, -0.1) is 0 Å². The summed E-state index contributed by atoms with van der Waals surface area (Å²) in [4.78, 5) is 0. The molecule has 4 heteroatoms. The summed E-state index contributed by atoms with van der Waals surface area (Å²) in [5.74, 6) is -0.528. The predicted octanol–water partition coefficient (Wildman–Crippen LogP) is 3.87. The Balaban J connectivity index is 2.11. The van der Waals surface area contributed by atoms with Crippen LogP contribution in [0.2, 0.25) is 0 Å². The molecule has 0 aromatic heterocycles. The third-order valence-corrected chi connectivity index (χ3v) is 3.04. The number of halogens is 2. The van der Waals surface area contributed by atoms with E-state index in [2.05, 4.69) is 0 Å². The van der Waals surface area contributed by atoms with Gasteiger partial charge < -0.3 is 10.5 Å². The van der Waals surface area contributed by atoms with E-state index in [1.807, 2.05) is 32.0 Å². The number of hydrogen-bond donors (Lipinski definition) is 1. The van der Waals surface area contributed by atoms with Crippen LogP contribution in [0.5, 0.6) is 5.75 Å². The van der Waals surface area contributed by atoms with Gasteiger partial charge in [-0.05, 0) is 48.7 Å². The van der Waals surface area contributed by atoms with Crippen molar-refractivity contribution >= 4 is 0 Å². The van der Waals surface area contributed by atoms with E-state index in [0.717, 1.165) is 17.2 Å². The number of ether oxygens (including phenoxy) is 1. The highest BCUT2D eigenvalue weighted by Gasteiger charge is 2.06. The van der Waals surface area contributed by atoms with Crippen molar-refractivity contribution in [3.8, 4) is 5.75 Å². The summed E-state index contributed by atoms with van der Waals surface area (Å²) in [5, 5.41) is 0. The maximum atomic E-state index is 13.1. The van der Waals surface area contributed by atoms with E-state index >= 15 is 0 Å². The lowest BCUT2D eigenvalue weighted by molar-refractivity contribution is 0.302. The summed E-state index contributed by atoms with van der Waals surface area (Å²) < 4.78 is 31.7. The molecule has 2 aromatic rings. The van der Waals surface area contributed by atoms with Gasteiger partial charge in [0.05, 0.1) is 0 Å². The lowest BCUT2D eigenvalue weighted by Gasteiger charge is -2.12. The van der Waals surface area contributed by atoms with Gasteiger partial charge in [0.15, 0.2) is 0 Å². The fourth-order valence-electron chi connectivity index (χ4n) is 1.97. The zero-order chi connectivity index (χ0) is 14.7. The third-order valence-electron chi connectivity index (χ3n) is 3.04. The minimum absolute atomic E-state index is 0.0416. The van der Waals surface area contributed by atoms with E-state index in [1.165, 1.54) is 12.1 Å². The Kier molecular flexibility index (Phi) is 4.35. The molecule has 2 aromatic carbocycles. The first-order valence-electron chi connectivity index (χ1n) is 6.39. The molecule has 0 radical (unpaired) electrons. The van der Waals surface area contributed by atoms with Crippen LogP contribution < -0.4 is 10.5 Å². The monoisotopic (exact) mass is 277 g/mol. The highest BCUT2D eigenvalue weighted by molar-refractivity contribution is 5.37. The summed E-state index contributed by atoms with van der Waals surface area (Å²) in [5.41, 5.74) is 8.22. The summed E-state index contributed by atoms with van der Waals surface area (Å²) in [6, 6.07) is 8.98. The Labute approximate surface area is 117 Å². The van der Waals surface area contributed by atoms with E-state index in [4.69, 9.17) is 10.5 Å². The zero-order valence-corrected chi connectivity index (χ0v) is 11.5. The van der Waals surface area contributed by atoms with Gasteiger partial charge in [0.25, 0.3) is 0 Å². The first kappa shape index (κ1) is 14.5. The maximum Gasteiger partial charge on any atom is 0.126 e. The smallest absolute Gasteiger partial charge is 0.126 e. The average Bonchev–Trinajstić information content (AvgIpc) is 2.36. The summed E-state index contributed by atoms with van der Waals surface area (Å²) in [7, 11) is 0. The second-order valence-corrected chi connectivity index (χ2v) is 4.88. The van der Waals surface area contributed by atoms with Gasteiger partial charge in [-0.2, -0.15) is 0 Å². The molecule has 2 nitrogen and oxygen atoms in total. The number of benzene rings is 2. The molecule has 2 rings (SSSR count). The van der Waals surface area contributed by atoms with Crippen LogP contribution in [0.15, 0.2) is 36.4 Å².